The van der Waals surface area contributed by atoms with Crippen LogP contribution in [0.15, 0.2) is 0 Å². The van der Waals surface area contributed by atoms with Crippen LogP contribution in [0.2, 0.25) is 0 Å². The van der Waals surface area contributed by atoms with Gasteiger partial charge < -0.3 is 4.90 Å². The Kier molecular flexibility index (Phi) is 4.20. The molecule has 1 rings (SSSR count). The van der Waals surface area contributed by atoms with Gasteiger partial charge in [-0.1, -0.05) is 6.92 Å². The highest BCUT2D eigenvalue weighted by Crippen LogP contribution is 2.34. The Balaban J connectivity index is 2.30. The maximum absolute atomic E-state index is 12.0. The third kappa shape index (κ3) is 4.40. The molecule has 5 heteroatoms. The summed E-state index contributed by atoms with van der Waals surface area (Å²) in [5.41, 5.74) is 0.00345. The molecular weight excluding hydrogens is 217 g/mol. The highest BCUT2D eigenvalue weighted by Gasteiger charge is 2.32. The largest absolute Gasteiger partial charge is 0.390 e. The maximum Gasteiger partial charge on any atom is 0.390 e. The van der Waals surface area contributed by atoms with E-state index >= 15 is 0 Å². The zero-order chi connectivity index (χ0) is 12.2. The average molecular weight is 234 g/mol. The van der Waals surface area contributed by atoms with Crippen molar-refractivity contribution in [3.63, 3.8) is 0 Å². The Labute approximate surface area is 94.0 Å². The third-order valence-corrected chi connectivity index (χ3v) is 3.28. The van der Waals surface area contributed by atoms with Crippen molar-refractivity contribution in [1.82, 2.24) is 4.90 Å². The summed E-state index contributed by atoms with van der Waals surface area (Å²) in [6.45, 7) is 3.48. The first-order chi connectivity index (χ1) is 7.35. The van der Waals surface area contributed by atoms with Gasteiger partial charge in [0.15, 0.2) is 0 Å². The van der Waals surface area contributed by atoms with Crippen molar-refractivity contribution in [2.45, 2.75) is 38.8 Å². The fourth-order valence-electron chi connectivity index (χ4n) is 1.97. The molecule has 16 heavy (non-hydrogen) atoms. The van der Waals surface area contributed by atoms with E-state index in [0.29, 0.717) is 19.5 Å². The summed E-state index contributed by atoms with van der Waals surface area (Å²) in [7, 11) is 0. The van der Waals surface area contributed by atoms with E-state index in [4.69, 9.17) is 5.26 Å². The second kappa shape index (κ2) is 5.05. The van der Waals surface area contributed by atoms with Crippen LogP contribution in [-0.4, -0.2) is 30.7 Å². The van der Waals surface area contributed by atoms with Crippen molar-refractivity contribution in [3.8, 4) is 6.07 Å². The predicted octanol–water partition coefficient (Wildman–Crippen LogP) is 2.95. The number of nitrogens with zero attached hydrogens (tertiary/aromatic N) is 2. The first-order valence-corrected chi connectivity index (χ1v) is 5.51. The van der Waals surface area contributed by atoms with Crippen LogP contribution in [-0.2, 0) is 0 Å². The number of rotatable bonds is 3. The highest BCUT2D eigenvalue weighted by atomic mass is 19.4. The molecule has 0 radical (unpaired) electrons. The van der Waals surface area contributed by atoms with E-state index in [1.54, 1.807) is 0 Å². The summed E-state index contributed by atoms with van der Waals surface area (Å²) in [5, 5.41) is 8.65. The lowest BCUT2D eigenvalue weighted by Crippen LogP contribution is -2.40. The number of alkyl halides is 3. The number of hydrogen-bond donors (Lipinski definition) is 0. The molecule has 0 bridgehead atoms. The molecule has 1 fully saturated rings. The zero-order valence-corrected chi connectivity index (χ0v) is 9.48. The summed E-state index contributed by atoms with van der Waals surface area (Å²) in [6, 6.07) is 2.15. The average Bonchev–Trinajstić information content (AvgIpc) is 2.16. The molecule has 0 aliphatic carbocycles. The number of halogens is 3. The van der Waals surface area contributed by atoms with Crippen molar-refractivity contribution in [2.24, 2.45) is 5.41 Å². The van der Waals surface area contributed by atoms with Gasteiger partial charge in [0.05, 0.1) is 12.5 Å². The fourth-order valence-corrected chi connectivity index (χ4v) is 1.97. The van der Waals surface area contributed by atoms with E-state index in [1.165, 1.54) is 0 Å². The molecule has 1 aliphatic heterocycles. The number of hydrogen-bond acceptors (Lipinski definition) is 2. The Morgan fingerprint density at radius 3 is 2.31 bits per heavy atom. The Bertz CT molecular complexity index is 259. The molecule has 1 aliphatic rings. The lowest BCUT2D eigenvalue weighted by molar-refractivity contribution is -0.139. The molecule has 0 aromatic heterocycles. The molecule has 0 saturated carbocycles. The van der Waals surface area contributed by atoms with Crippen molar-refractivity contribution in [3.05, 3.63) is 0 Å². The van der Waals surface area contributed by atoms with Gasteiger partial charge in [-0.3, -0.25) is 0 Å². The summed E-state index contributed by atoms with van der Waals surface area (Å²) in [5.74, 6) is 0. The smallest absolute Gasteiger partial charge is 0.303 e. The van der Waals surface area contributed by atoms with Crippen molar-refractivity contribution in [1.29, 1.82) is 5.26 Å². The topological polar surface area (TPSA) is 27.0 Å². The van der Waals surface area contributed by atoms with Gasteiger partial charge in [-0.15, -0.1) is 0 Å². The maximum atomic E-state index is 12.0. The molecule has 2 nitrogen and oxygen atoms in total. The van der Waals surface area contributed by atoms with E-state index in [0.717, 1.165) is 12.8 Å². The number of piperidine rings is 1. The minimum atomic E-state index is -4.06. The van der Waals surface area contributed by atoms with Crippen LogP contribution < -0.4 is 0 Å². The van der Waals surface area contributed by atoms with Gasteiger partial charge in [0.25, 0.3) is 0 Å². The first-order valence-electron chi connectivity index (χ1n) is 5.51. The van der Waals surface area contributed by atoms with Gasteiger partial charge in [0.2, 0.25) is 0 Å². The van der Waals surface area contributed by atoms with E-state index in [9.17, 15) is 13.2 Å². The van der Waals surface area contributed by atoms with Gasteiger partial charge in [-0.2, -0.15) is 18.4 Å². The van der Waals surface area contributed by atoms with E-state index in [1.807, 2.05) is 11.8 Å². The van der Waals surface area contributed by atoms with Gasteiger partial charge in [0.1, 0.15) is 0 Å². The molecule has 92 valence electrons. The van der Waals surface area contributed by atoms with Gasteiger partial charge in [-0.25, -0.2) is 0 Å². The fraction of sp³-hybridized carbons (Fsp3) is 0.909. The number of likely N-dealkylation sites (tertiary alicyclic amines) is 1. The second-order valence-electron chi connectivity index (χ2n) is 4.85. The monoisotopic (exact) mass is 234 g/mol. The molecule has 0 aromatic rings. The molecule has 0 unspecified atom stereocenters. The van der Waals surface area contributed by atoms with Gasteiger partial charge in [-0.05, 0) is 31.3 Å². The molecule has 0 atom stereocenters. The molecule has 0 aromatic carbocycles. The van der Waals surface area contributed by atoms with Crippen LogP contribution in [0.4, 0.5) is 13.2 Å². The van der Waals surface area contributed by atoms with Gasteiger partial charge >= 0.3 is 6.18 Å². The second-order valence-corrected chi connectivity index (χ2v) is 4.85. The van der Waals surface area contributed by atoms with E-state index in [-0.39, 0.29) is 12.0 Å². The molecule has 1 heterocycles. The van der Waals surface area contributed by atoms with Gasteiger partial charge in [0, 0.05) is 13.0 Å². The van der Waals surface area contributed by atoms with E-state index in [2.05, 4.69) is 6.07 Å². The van der Waals surface area contributed by atoms with Crippen LogP contribution in [0, 0.1) is 16.7 Å². The van der Waals surface area contributed by atoms with Crippen LogP contribution in [0.5, 0.6) is 0 Å². The van der Waals surface area contributed by atoms with Crippen molar-refractivity contribution >= 4 is 0 Å². The Morgan fingerprint density at radius 2 is 1.88 bits per heavy atom. The number of nitriles is 1. The SMILES string of the molecule is CC1(CC#N)CCN(CCC(F)(F)F)CC1. The minimum Gasteiger partial charge on any atom is -0.303 e. The molecular formula is C11H17F3N2. The van der Waals surface area contributed by atoms with Crippen molar-refractivity contribution < 1.29 is 13.2 Å². The third-order valence-electron chi connectivity index (χ3n) is 3.28. The summed E-state index contributed by atoms with van der Waals surface area (Å²) >= 11 is 0. The molecule has 0 N–H and O–H groups in total. The molecule has 1 saturated heterocycles. The van der Waals surface area contributed by atoms with Crippen LogP contribution in [0.25, 0.3) is 0 Å². The zero-order valence-electron chi connectivity index (χ0n) is 9.48. The molecule has 0 spiro atoms. The Morgan fingerprint density at radius 1 is 1.31 bits per heavy atom. The Hall–Kier alpha value is -0.760. The summed E-state index contributed by atoms with van der Waals surface area (Å²) in [6.07, 6.45) is -2.66. The van der Waals surface area contributed by atoms with Crippen molar-refractivity contribution in [2.75, 3.05) is 19.6 Å². The summed E-state index contributed by atoms with van der Waals surface area (Å²) in [4.78, 5) is 1.84. The predicted molar refractivity (Wildman–Crippen MR) is 54.7 cm³/mol. The minimum absolute atomic E-state index is 0.00345. The lowest BCUT2D eigenvalue weighted by Gasteiger charge is -2.38. The van der Waals surface area contributed by atoms with Crippen LogP contribution >= 0.6 is 0 Å². The standard InChI is InChI=1S/C11H17F3N2/c1-10(2-6-15)3-7-16(8-4-10)9-5-11(12,13)14/h2-5,7-9H2,1H3. The first kappa shape index (κ1) is 13.3. The molecule has 0 amide bonds. The highest BCUT2D eigenvalue weighted by molar-refractivity contribution is 4.89. The summed E-state index contributed by atoms with van der Waals surface area (Å²) < 4.78 is 36.0. The normalized spacial score (nSPS) is 21.7. The van der Waals surface area contributed by atoms with Crippen LogP contribution in [0.3, 0.4) is 0 Å². The quantitative estimate of drug-likeness (QED) is 0.750. The lowest BCUT2D eigenvalue weighted by atomic mass is 9.78. The van der Waals surface area contributed by atoms with Crippen LogP contribution in [0.1, 0.15) is 32.6 Å². The van der Waals surface area contributed by atoms with E-state index < -0.39 is 12.6 Å².